The predicted molar refractivity (Wildman–Crippen MR) is 132 cm³/mol. The van der Waals surface area contributed by atoms with Gasteiger partial charge in [0.25, 0.3) is 0 Å². The maximum atomic E-state index is 13.3. The minimum absolute atomic E-state index is 0.0531. The van der Waals surface area contributed by atoms with E-state index in [0.29, 0.717) is 10.6 Å². The Labute approximate surface area is 201 Å². The number of nitrogens with zero attached hydrogens (tertiary/aromatic N) is 1. The summed E-state index contributed by atoms with van der Waals surface area (Å²) in [6.45, 7) is -0.307. The monoisotopic (exact) mass is 494 g/mol. The molecule has 174 valence electrons. The Kier molecular flexibility index (Phi) is 7.06. The summed E-state index contributed by atoms with van der Waals surface area (Å²) in [7, 11) is -2.59. The summed E-state index contributed by atoms with van der Waals surface area (Å²) in [4.78, 5) is 25.3. The molecular weight excluding hydrogens is 472 g/mol. The number of amides is 1. The van der Waals surface area contributed by atoms with Gasteiger partial charge in [0, 0.05) is 16.9 Å². The Morgan fingerprint density at radius 2 is 1.62 bits per heavy atom. The van der Waals surface area contributed by atoms with Crippen molar-refractivity contribution in [3.05, 3.63) is 95.4 Å². The van der Waals surface area contributed by atoms with Gasteiger partial charge in [-0.15, -0.1) is 11.3 Å². The Bertz CT molecular complexity index is 1420. The fourth-order valence-corrected chi connectivity index (χ4v) is 5.80. The molecule has 0 spiro atoms. The molecule has 0 aliphatic carbocycles. The molecule has 34 heavy (non-hydrogen) atoms. The second-order valence-electron chi connectivity index (χ2n) is 7.47. The Morgan fingerprint density at radius 1 is 0.941 bits per heavy atom. The van der Waals surface area contributed by atoms with E-state index in [0.717, 1.165) is 20.0 Å². The maximum Gasteiger partial charge on any atom is 0.348 e. The number of sulfonamides is 1. The van der Waals surface area contributed by atoms with E-state index in [1.54, 1.807) is 42.5 Å². The minimum Gasteiger partial charge on any atom is -0.465 e. The van der Waals surface area contributed by atoms with Crippen molar-refractivity contribution in [3.63, 3.8) is 0 Å². The summed E-state index contributed by atoms with van der Waals surface area (Å²) >= 11 is 1.30. The van der Waals surface area contributed by atoms with Gasteiger partial charge in [-0.1, -0.05) is 48.5 Å². The Morgan fingerprint density at radius 3 is 2.29 bits per heavy atom. The molecule has 0 saturated heterocycles. The van der Waals surface area contributed by atoms with Crippen LogP contribution in [-0.4, -0.2) is 38.3 Å². The largest absolute Gasteiger partial charge is 0.465 e. The number of nitrogens with one attached hydrogen (secondary N) is 1. The molecule has 4 rings (SSSR count). The average Bonchev–Trinajstić information content (AvgIpc) is 3.28. The first kappa shape index (κ1) is 23.6. The van der Waals surface area contributed by atoms with Crippen molar-refractivity contribution in [2.45, 2.75) is 11.4 Å². The fourth-order valence-electron chi connectivity index (χ4n) is 3.44. The van der Waals surface area contributed by atoms with Crippen LogP contribution in [0, 0.1) is 0 Å². The van der Waals surface area contributed by atoms with Gasteiger partial charge >= 0.3 is 5.97 Å². The van der Waals surface area contributed by atoms with Crippen molar-refractivity contribution >= 4 is 49.0 Å². The summed E-state index contributed by atoms with van der Waals surface area (Å²) in [5, 5.41) is 3.55. The molecule has 0 atom stereocenters. The quantitative estimate of drug-likeness (QED) is 0.364. The van der Waals surface area contributed by atoms with Crippen LogP contribution in [0.1, 0.15) is 15.2 Å². The summed E-state index contributed by atoms with van der Waals surface area (Å²) in [6, 6.07) is 24.1. The van der Waals surface area contributed by atoms with Crippen LogP contribution < -0.4 is 5.32 Å². The van der Waals surface area contributed by atoms with Gasteiger partial charge < -0.3 is 10.1 Å². The lowest BCUT2D eigenvalue weighted by atomic mass is 10.2. The van der Waals surface area contributed by atoms with Crippen molar-refractivity contribution in [1.29, 1.82) is 0 Å². The molecule has 1 N–H and O–H groups in total. The van der Waals surface area contributed by atoms with Gasteiger partial charge in [-0.3, -0.25) is 4.79 Å². The van der Waals surface area contributed by atoms with Gasteiger partial charge in [-0.25, -0.2) is 13.2 Å². The molecule has 0 bridgehead atoms. The number of hydrogen-bond donors (Lipinski definition) is 1. The van der Waals surface area contributed by atoms with E-state index in [1.165, 1.54) is 30.6 Å². The second kappa shape index (κ2) is 10.2. The van der Waals surface area contributed by atoms with Gasteiger partial charge in [-0.05, 0) is 47.3 Å². The van der Waals surface area contributed by atoms with Gasteiger partial charge in [0.15, 0.2) is 0 Å². The minimum atomic E-state index is -3.91. The molecule has 3 aromatic carbocycles. The van der Waals surface area contributed by atoms with Crippen LogP contribution in [-0.2, 0) is 26.1 Å². The van der Waals surface area contributed by atoms with Crippen molar-refractivity contribution < 1.29 is 22.7 Å². The fraction of sp³-hybridized carbons (Fsp3) is 0.120. The van der Waals surface area contributed by atoms with Gasteiger partial charge in [-0.2, -0.15) is 4.31 Å². The Balaban J connectivity index is 1.56. The first-order valence-corrected chi connectivity index (χ1v) is 12.6. The van der Waals surface area contributed by atoms with Crippen molar-refractivity contribution in [2.24, 2.45) is 0 Å². The van der Waals surface area contributed by atoms with Crippen LogP contribution in [0.2, 0.25) is 0 Å². The number of benzene rings is 3. The number of rotatable bonds is 8. The number of esters is 1. The lowest BCUT2D eigenvalue weighted by Gasteiger charge is -2.22. The maximum absolute atomic E-state index is 13.3. The van der Waals surface area contributed by atoms with E-state index in [9.17, 15) is 18.0 Å². The van der Waals surface area contributed by atoms with Crippen LogP contribution in [0.15, 0.2) is 89.8 Å². The molecule has 7 nitrogen and oxygen atoms in total. The lowest BCUT2D eigenvalue weighted by Crippen LogP contribution is -2.37. The third kappa shape index (κ3) is 5.33. The van der Waals surface area contributed by atoms with Crippen molar-refractivity contribution in [3.8, 4) is 0 Å². The number of carbonyl (C=O) groups excluding carboxylic acids is 2. The highest BCUT2D eigenvalue weighted by molar-refractivity contribution is 7.89. The third-order valence-corrected chi connectivity index (χ3v) is 7.99. The van der Waals surface area contributed by atoms with E-state index in [4.69, 9.17) is 4.74 Å². The topological polar surface area (TPSA) is 92.8 Å². The standard InChI is InChI=1S/C25H22N2O5S2/c1-32-25(29)23-15-19-14-20(12-13-22(19)33-23)26-24(28)17-27(16-18-8-4-2-5-9-18)34(30,31)21-10-6-3-7-11-21/h2-15H,16-17H2,1H3,(H,26,28). The molecule has 1 aromatic heterocycles. The SMILES string of the molecule is COC(=O)c1cc2cc(NC(=O)CN(Cc3ccccc3)S(=O)(=O)c3ccccc3)ccc2s1. The summed E-state index contributed by atoms with van der Waals surface area (Å²) in [5.74, 6) is -0.896. The molecule has 1 amide bonds. The van der Waals surface area contributed by atoms with E-state index in [-0.39, 0.29) is 18.0 Å². The van der Waals surface area contributed by atoms with Crippen molar-refractivity contribution in [2.75, 3.05) is 19.0 Å². The molecule has 0 saturated carbocycles. The number of fused-ring (bicyclic) bond motifs is 1. The number of hydrogen-bond acceptors (Lipinski definition) is 6. The lowest BCUT2D eigenvalue weighted by molar-refractivity contribution is -0.116. The first-order chi connectivity index (χ1) is 16.4. The third-order valence-electron chi connectivity index (χ3n) is 5.09. The molecule has 4 aromatic rings. The highest BCUT2D eigenvalue weighted by Crippen LogP contribution is 2.28. The molecule has 0 radical (unpaired) electrons. The highest BCUT2D eigenvalue weighted by atomic mass is 32.2. The van der Waals surface area contributed by atoms with E-state index < -0.39 is 21.9 Å². The number of thiophene rings is 1. The van der Waals surface area contributed by atoms with Crippen LogP contribution in [0.5, 0.6) is 0 Å². The average molecular weight is 495 g/mol. The number of anilines is 1. The van der Waals surface area contributed by atoms with Crippen LogP contribution >= 0.6 is 11.3 Å². The molecule has 1 heterocycles. The number of methoxy groups -OCH3 is 1. The molecular formula is C25H22N2O5S2. The predicted octanol–water partition coefficient (Wildman–Crippen LogP) is 4.52. The normalized spacial score (nSPS) is 11.5. The second-order valence-corrected chi connectivity index (χ2v) is 10.5. The van der Waals surface area contributed by atoms with Crippen LogP contribution in [0.4, 0.5) is 5.69 Å². The van der Waals surface area contributed by atoms with Crippen LogP contribution in [0.25, 0.3) is 10.1 Å². The van der Waals surface area contributed by atoms with Gasteiger partial charge in [0.05, 0.1) is 18.6 Å². The van der Waals surface area contributed by atoms with Crippen molar-refractivity contribution in [1.82, 2.24) is 4.31 Å². The first-order valence-electron chi connectivity index (χ1n) is 10.4. The van der Waals surface area contributed by atoms with Gasteiger partial charge in [0.1, 0.15) is 4.88 Å². The zero-order valence-electron chi connectivity index (χ0n) is 18.3. The number of carbonyl (C=O) groups is 2. The summed E-state index contributed by atoms with van der Waals surface area (Å²) in [6.07, 6.45) is 0. The molecule has 0 unspecified atom stereocenters. The van der Waals surface area contributed by atoms with Crippen LogP contribution in [0.3, 0.4) is 0 Å². The molecule has 9 heteroatoms. The zero-order valence-corrected chi connectivity index (χ0v) is 19.9. The molecule has 0 aliphatic heterocycles. The van der Waals surface area contributed by atoms with E-state index in [1.807, 2.05) is 30.3 Å². The highest BCUT2D eigenvalue weighted by Gasteiger charge is 2.27. The Hall–Kier alpha value is -3.53. The summed E-state index contributed by atoms with van der Waals surface area (Å²) in [5.41, 5.74) is 1.27. The van der Waals surface area contributed by atoms with E-state index >= 15 is 0 Å². The smallest absolute Gasteiger partial charge is 0.348 e. The molecule has 0 fully saturated rings. The summed E-state index contributed by atoms with van der Waals surface area (Å²) < 4.78 is 33.4. The van der Waals surface area contributed by atoms with Gasteiger partial charge in [0.2, 0.25) is 15.9 Å². The molecule has 0 aliphatic rings. The number of ether oxygens (including phenoxy) is 1. The van der Waals surface area contributed by atoms with E-state index in [2.05, 4.69) is 5.32 Å². The zero-order chi connectivity index (χ0) is 24.1.